The zero-order valence-electron chi connectivity index (χ0n) is 16.4. The minimum atomic E-state index is -0.906. The second-order valence-corrected chi connectivity index (χ2v) is 6.65. The number of likely N-dealkylation sites (N-methyl/N-ethyl adjacent to an activating group) is 1. The highest BCUT2D eigenvalue weighted by Crippen LogP contribution is 2.23. The minimum Gasteiger partial charge on any atom is -0.447 e. The van der Waals surface area contributed by atoms with Gasteiger partial charge in [0.25, 0.3) is 5.91 Å². The van der Waals surface area contributed by atoms with E-state index in [2.05, 4.69) is 4.98 Å². The number of esters is 1. The molecule has 0 unspecified atom stereocenters. The van der Waals surface area contributed by atoms with Crippen molar-refractivity contribution in [1.29, 1.82) is 0 Å². The number of aromatic nitrogens is 1. The molecule has 0 saturated carbocycles. The Kier molecular flexibility index (Phi) is 6.48. The molecule has 5 nitrogen and oxygen atoms in total. The van der Waals surface area contributed by atoms with Crippen molar-refractivity contribution in [2.75, 3.05) is 13.1 Å². The maximum atomic E-state index is 12.9. The number of nitrogens with one attached hydrogen (secondary N) is 1. The quantitative estimate of drug-likeness (QED) is 0.596. The Balaban J connectivity index is 1.71. The number of fused-ring (bicyclic) bond motifs is 1. The van der Waals surface area contributed by atoms with Crippen LogP contribution < -0.4 is 0 Å². The van der Waals surface area contributed by atoms with E-state index in [1.54, 1.807) is 4.90 Å². The van der Waals surface area contributed by atoms with Gasteiger partial charge < -0.3 is 14.6 Å². The Morgan fingerprint density at radius 2 is 1.68 bits per heavy atom. The van der Waals surface area contributed by atoms with Crippen molar-refractivity contribution in [3.8, 4) is 0 Å². The van der Waals surface area contributed by atoms with Crippen LogP contribution in [-0.2, 0) is 20.7 Å². The second-order valence-electron chi connectivity index (χ2n) is 6.65. The van der Waals surface area contributed by atoms with Crippen molar-refractivity contribution in [1.82, 2.24) is 9.88 Å². The van der Waals surface area contributed by atoms with Crippen molar-refractivity contribution in [2.45, 2.75) is 32.8 Å². The maximum Gasteiger partial charge on any atom is 0.307 e. The lowest BCUT2D eigenvalue weighted by Gasteiger charge is -2.25. The topological polar surface area (TPSA) is 62.4 Å². The molecule has 0 fully saturated rings. The number of carbonyl (C=O) groups excluding carboxylic acids is 2. The molecule has 2 aromatic carbocycles. The summed E-state index contributed by atoms with van der Waals surface area (Å²) in [5.41, 5.74) is 2.81. The highest BCUT2D eigenvalue weighted by Gasteiger charge is 2.28. The lowest BCUT2D eigenvalue weighted by Crippen LogP contribution is -2.36. The normalized spacial score (nSPS) is 11.9. The van der Waals surface area contributed by atoms with Gasteiger partial charge in [0, 0.05) is 42.2 Å². The van der Waals surface area contributed by atoms with Gasteiger partial charge in [-0.1, -0.05) is 48.5 Å². The predicted molar refractivity (Wildman–Crippen MR) is 110 cm³/mol. The van der Waals surface area contributed by atoms with E-state index in [9.17, 15) is 9.59 Å². The standard InChI is InChI=1S/C23H26N2O3/c1-3-25(4-2)23(27)22(17-10-6-5-7-11-17)28-21(26)15-14-18-16-24-20-13-9-8-12-19(18)20/h5-13,16,22,24H,3-4,14-15H2,1-2H3/t22-/m0/s1. The first-order valence-corrected chi connectivity index (χ1v) is 9.72. The molecule has 0 bridgehead atoms. The Bertz CT molecular complexity index is 929. The summed E-state index contributed by atoms with van der Waals surface area (Å²) in [6.45, 7) is 4.99. The average molecular weight is 378 g/mol. The number of amides is 1. The Hall–Kier alpha value is -3.08. The fraction of sp³-hybridized carbons (Fsp3) is 0.304. The summed E-state index contributed by atoms with van der Waals surface area (Å²) < 4.78 is 5.65. The number of hydrogen-bond donors (Lipinski definition) is 1. The zero-order chi connectivity index (χ0) is 19.9. The van der Waals surface area contributed by atoms with Gasteiger partial charge in [-0.05, 0) is 31.9 Å². The Morgan fingerprint density at radius 1 is 1.00 bits per heavy atom. The van der Waals surface area contributed by atoms with E-state index in [0.717, 1.165) is 16.5 Å². The zero-order valence-corrected chi connectivity index (χ0v) is 16.4. The Morgan fingerprint density at radius 3 is 2.39 bits per heavy atom. The molecule has 0 saturated heterocycles. The molecule has 0 aliphatic rings. The van der Waals surface area contributed by atoms with Crippen molar-refractivity contribution in [3.63, 3.8) is 0 Å². The third-order valence-electron chi connectivity index (χ3n) is 4.92. The fourth-order valence-corrected chi connectivity index (χ4v) is 3.36. The maximum absolute atomic E-state index is 12.9. The van der Waals surface area contributed by atoms with Crippen molar-refractivity contribution in [2.24, 2.45) is 0 Å². The third-order valence-corrected chi connectivity index (χ3v) is 4.92. The summed E-state index contributed by atoms with van der Waals surface area (Å²) in [7, 11) is 0. The highest BCUT2D eigenvalue weighted by atomic mass is 16.5. The van der Waals surface area contributed by atoms with Crippen LogP contribution in [0.2, 0.25) is 0 Å². The lowest BCUT2D eigenvalue weighted by atomic mass is 10.1. The number of carbonyl (C=O) groups is 2. The molecule has 28 heavy (non-hydrogen) atoms. The third kappa shape index (κ3) is 4.42. The van der Waals surface area contributed by atoms with Crippen LogP contribution in [0.25, 0.3) is 10.9 Å². The van der Waals surface area contributed by atoms with Gasteiger partial charge in [0.1, 0.15) is 0 Å². The van der Waals surface area contributed by atoms with Crippen molar-refractivity contribution < 1.29 is 14.3 Å². The summed E-state index contributed by atoms with van der Waals surface area (Å²) in [6.07, 6.45) is 1.80. The molecule has 1 amide bonds. The number of aromatic amines is 1. The molecule has 0 spiro atoms. The van der Waals surface area contributed by atoms with E-state index >= 15 is 0 Å². The Labute approximate surface area is 165 Å². The van der Waals surface area contributed by atoms with Gasteiger partial charge in [-0.3, -0.25) is 9.59 Å². The van der Waals surface area contributed by atoms with Gasteiger partial charge in [-0.15, -0.1) is 0 Å². The molecular formula is C23H26N2O3. The summed E-state index contributed by atoms with van der Waals surface area (Å²) in [6, 6.07) is 17.2. The van der Waals surface area contributed by atoms with E-state index in [1.165, 1.54) is 0 Å². The number of aryl methyl sites for hydroxylation is 1. The number of benzene rings is 2. The van der Waals surface area contributed by atoms with Crippen LogP contribution in [0.1, 0.15) is 37.5 Å². The van der Waals surface area contributed by atoms with Crippen molar-refractivity contribution >= 4 is 22.8 Å². The molecule has 5 heteroatoms. The summed E-state index contributed by atoms with van der Waals surface area (Å²) in [5, 5.41) is 1.11. The van der Waals surface area contributed by atoms with Crippen LogP contribution in [0.4, 0.5) is 0 Å². The van der Waals surface area contributed by atoms with E-state index in [-0.39, 0.29) is 18.3 Å². The van der Waals surface area contributed by atoms with Gasteiger partial charge in [0.05, 0.1) is 0 Å². The molecule has 1 heterocycles. The van der Waals surface area contributed by atoms with Gasteiger partial charge in [-0.25, -0.2) is 0 Å². The predicted octanol–water partition coefficient (Wildman–Crippen LogP) is 4.25. The number of hydrogen-bond acceptors (Lipinski definition) is 3. The molecule has 146 valence electrons. The number of nitrogens with zero attached hydrogens (tertiary/aromatic N) is 1. The minimum absolute atomic E-state index is 0.184. The molecule has 1 N–H and O–H groups in total. The van der Waals surface area contributed by atoms with E-state index < -0.39 is 6.10 Å². The van der Waals surface area contributed by atoms with Crippen molar-refractivity contribution in [3.05, 3.63) is 71.9 Å². The molecular weight excluding hydrogens is 352 g/mol. The second kappa shape index (κ2) is 9.22. The van der Waals surface area contributed by atoms with Gasteiger partial charge >= 0.3 is 5.97 Å². The first-order chi connectivity index (χ1) is 13.6. The van der Waals surface area contributed by atoms with Crippen LogP contribution in [0.15, 0.2) is 60.8 Å². The van der Waals surface area contributed by atoms with Crippen LogP contribution >= 0.6 is 0 Å². The van der Waals surface area contributed by atoms with Gasteiger partial charge in [0.15, 0.2) is 0 Å². The molecule has 0 radical (unpaired) electrons. The number of ether oxygens (including phenoxy) is 1. The monoisotopic (exact) mass is 378 g/mol. The summed E-state index contributed by atoms with van der Waals surface area (Å²) >= 11 is 0. The SMILES string of the molecule is CCN(CC)C(=O)[C@@H](OC(=O)CCc1c[nH]c2ccccc12)c1ccccc1. The van der Waals surface area contributed by atoms with E-state index in [4.69, 9.17) is 4.74 Å². The average Bonchev–Trinajstić information content (AvgIpc) is 3.15. The molecule has 0 aliphatic carbocycles. The largest absolute Gasteiger partial charge is 0.447 e. The first kappa shape index (κ1) is 19.7. The molecule has 1 atom stereocenters. The van der Waals surface area contributed by atoms with Gasteiger partial charge in [-0.2, -0.15) is 0 Å². The van der Waals surface area contributed by atoms with Crippen LogP contribution in [-0.4, -0.2) is 34.8 Å². The van der Waals surface area contributed by atoms with E-state index in [1.807, 2.05) is 74.6 Å². The molecule has 3 rings (SSSR count). The number of rotatable bonds is 8. The molecule has 0 aliphatic heterocycles. The fourth-order valence-electron chi connectivity index (χ4n) is 3.36. The molecule has 1 aromatic heterocycles. The molecule has 3 aromatic rings. The number of para-hydroxylation sites is 1. The van der Waals surface area contributed by atoms with Gasteiger partial charge in [0.2, 0.25) is 6.10 Å². The summed E-state index contributed by atoms with van der Waals surface area (Å²) in [4.78, 5) is 30.4. The smallest absolute Gasteiger partial charge is 0.307 e. The van der Waals surface area contributed by atoms with Crippen LogP contribution in [0.3, 0.4) is 0 Å². The summed E-state index contributed by atoms with van der Waals surface area (Å²) in [5.74, 6) is -0.559. The number of H-pyrrole nitrogens is 1. The highest BCUT2D eigenvalue weighted by molar-refractivity contribution is 5.86. The first-order valence-electron chi connectivity index (χ1n) is 9.72. The van der Waals surface area contributed by atoms with Crippen LogP contribution in [0, 0.1) is 0 Å². The lowest BCUT2D eigenvalue weighted by molar-refractivity contribution is -0.160. The van der Waals surface area contributed by atoms with E-state index in [0.29, 0.717) is 25.1 Å². The van der Waals surface area contributed by atoms with Crippen LogP contribution in [0.5, 0.6) is 0 Å².